The maximum Gasteiger partial charge on any atom is 0.323 e. The van der Waals surface area contributed by atoms with Crippen molar-refractivity contribution < 1.29 is 14.3 Å². The van der Waals surface area contributed by atoms with Crippen LogP contribution >= 0.6 is 0 Å². The van der Waals surface area contributed by atoms with Gasteiger partial charge in [0.05, 0.1) is 19.9 Å². The van der Waals surface area contributed by atoms with Crippen molar-refractivity contribution in [2.45, 2.75) is 6.92 Å². The third-order valence-electron chi connectivity index (χ3n) is 3.19. The quantitative estimate of drug-likeness (QED) is 0.882. The van der Waals surface area contributed by atoms with E-state index in [9.17, 15) is 4.79 Å². The molecule has 0 atom stereocenters. The minimum Gasteiger partial charge on any atom is -0.497 e. The molecule has 120 valence electrons. The van der Waals surface area contributed by atoms with Gasteiger partial charge in [-0.05, 0) is 30.7 Å². The molecule has 0 aliphatic heterocycles. The first-order chi connectivity index (χ1) is 11.1. The average Bonchev–Trinajstić information content (AvgIpc) is 2.55. The number of rotatable bonds is 5. The normalized spacial score (nSPS) is 10.4. The van der Waals surface area contributed by atoms with E-state index >= 15 is 0 Å². The third kappa shape index (κ3) is 4.78. The molecule has 2 N–H and O–H groups in total. The number of ether oxygens (including phenoxy) is 2. The van der Waals surface area contributed by atoms with Crippen LogP contribution in [0.25, 0.3) is 6.08 Å². The lowest BCUT2D eigenvalue weighted by Crippen LogP contribution is -2.24. The van der Waals surface area contributed by atoms with Gasteiger partial charge in [0.15, 0.2) is 0 Å². The zero-order chi connectivity index (χ0) is 16.7. The molecule has 0 heterocycles. The summed E-state index contributed by atoms with van der Waals surface area (Å²) >= 11 is 0. The molecule has 2 rings (SSSR count). The molecule has 2 aromatic rings. The molecule has 0 aliphatic rings. The van der Waals surface area contributed by atoms with Crippen molar-refractivity contribution in [2.24, 2.45) is 0 Å². The Labute approximate surface area is 135 Å². The standard InChI is InChI=1S/C18H20N2O3/c1-13-5-4-6-14(11-13)9-10-19-18(21)20-16-8-7-15(22-2)12-17(16)23-3/h4-12H,1-3H3,(H2,19,20,21)/b10-9+. The minimum atomic E-state index is -0.350. The number of aryl methyl sites for hydroxylation is 1. The molecule has 0 bridgehead atoms. The van der Waals surface area contributed by atoms with Gasteiger partial charge >= 0.3 is 6.03 Å². The third-order valence-corrected chi connectivity index (χ3v) is 3.19. The largest absolute Gasteiger partial charge is 0.497 e. The van der Waals surface area contributed by atoms with Crippen molar-refractivity contribution in [1.82, 2.24) is 5.32 Å². The van der Waals surface area contributed by atoms with Gasteiger partial charge in [-0.25, -0.2) is 4.79 Å². The molecule has 0 aromatic heterocycles. The zero-order valence-electron chi connectivity index (χ0n) is 13.4. The van der Waals surface area contributed by atoms with Gasteiger partial charge in [0, 0.05) is 12.3 Å². The van der Waals surface area contributed by atoms with Crippen molar-refractivity contribution in [3.63, 3.8) is 0 Å². The Balaban J connectivity index is 1.97. The molecule has 0 saturated heterocycles. The van der Waals surface area contributed by atoms with Crippen LogP contribution in [0.15, 0.2) is 48.7 Å². The molecule has 5 nitrogen and oxygen atoms in total. The number of carbonyl (C=O) groups excluding carboxylic acids is 1. The summed E-state index contributed by atoms with van der Waals surface area (Å²) in [5.41, 5.74) is 2.75. The minimum absolute atomic E-state index is 0.350. The molecule has 2 amide bonds. The van der Waals surface area contributed by atoms with Crippen molar-refractivity contribution >= 4 is 17.8 Å². The van der Waals surface area contributed by atoms with Gasteiger partial charge in [-0.1, -0.05) is 29.8 Å². The second-order valence-corrected chi connectivity index (χ2v) is 4.91. The number of nitrogens with one attached hydrogen (secondary N) is 2. The van der Waals surface area contributed by atoms with E-state index in [0.717, 1.165) is 5.56 Å². The van der Waals surface area contributed by atoms with Gasteiger partial charge in [0.25, 0.3) is 0 Å². The number of benzene rings is 2. The van der Waals surface area contributed by atoms with Gasteiger partial charge in [-0.2, -0.15) is 0 Å². The summed E-state index contributed by atoms with van der Waals surface area (Å²) in [5.74, 6) is 1.19. The van der Waals surface area contributed by atoms with Crippen LogP contribution in [0.2, 0.25) is 0 Å². The highest BCUT2D eigenvalue weighted by molar-refractivity contribution is 5.92. The van der Waals surface area contributed by atoms with Crippen LogP contribution in [0.5, 0.6) is 11.5 Å². The monoisotopic (exact) mass is 312 g/mol. The fraction of sp³-hybridized carbons (Fsp3) is 0.167. The van der Waals surface area contributed by atoms with Gasteiger partial charge in [-0.15, -0.1) is 0 Å². The number of methoxy groups -OCH3 is 2. The fourth-order valence-corrected chi connectivity index (χ4v) is 2.05. The van der Waals surface area contributed by atoms with Crippen LogP contribution in [0.1, 0.15) is 11.1 Å². The van der Waals surface area contributed by atoms with Crippen LogP contribution in [-0.4, -0.2) is 20.3 Å². The fourth-order valence-electron chi connectivity index (χ4n) is 2.05. The zero-order valence-corrected chi connectivity index (χ0v) is 13.4. The molecule has 0 fully saturated rings. The number of anilines is 1. The highest BCUT2D eigenvalue weighted by atomic mass is 16.5. The predicted octanol–water partition coefficient (Wildman–Crippen LogP) is 3.80. The highest BCUT2D eigenvalue weighted by Crippen LogP contribution is 2.28. The second kappa shape index (κ2) is 7.89. The molecule has 0 saturated carbocycles. The van der Waals surface area contributed by atoms with E-state index in [0.29, 0.717) is 17.2 Å². The Morgan fingerprint density at radius 3 is 2.61 bits per heavy atom. The molecule has 0 spiro atoms. The van der Waals surface area contributed by atoms with Gasteiger partial charge < -0.3 is 20.1 Å². The summed E-state index contributed by atoms with van der Waals surface area (Å²) in [5, 5.41) is 5.39. The molecule has 23 heavy (non-hydrogen) atoms. The molecule has 0 radical (unpaired) electrons. The molecule has 5 heteroatoms. The van der Waals surface area contributed by atoms with E-state index in [-0.39, 0.29) is 6.03 Å². The number of carbonyl (C=O) groups is 1. The Kier molecular flexibility index (Phi) is 5.63. The molecular weight excluding hydrogens is 292 g/mol. The summed E-state index contributed by atoms with van der Waals surface area (Å²) in [6, 6.07) is 12.8. The maximum absolute atomic E-state index is 11.9. The SMILES string of the molecule is COc1ccc(NC(=O)N/C=C/c2cccc(C)c2)c(OC)c1. The number of hydrogen-bond donors (Lipinski definition) is 2. The first kappa shape index (κ1) is 16.4. The van der Waals surface area contributed by atoms with E-state index in [1.807, 2.05) is 37.3 Å². The van der Waals surface area contributed by atoms with Crippen LogP contribution in [0.4, 0.5) is 10.5 Å². The Bertz CT molecular complexity index is 711. The lowest BCUT2D eigenvalue weighted by atomic mass is 10.1. The summed E-state index contributed by atoms with van der Waals surface area (Å²) < 4.78 is 10.4. The van der Waals surface area contributed by atoms with E-state index < -0.39 is 0 Å². The molecule has 0 aliphatic carbocycles. The van der Waals surface area contributed by atoms with E-state index in [1.165, 1.54) is 12.7 Å². The summed E-state index contributed by atoms with van der Waals surface area (Å²) in [7, 11) is 3.11. The lowest BCUT2D eigenvalue weighted by molar-refractivity contribution is 0.255. The van der Waals surface area contributed by atoms with Crippen molar-refractivity contribution in [1.29, 1.82) is 0 Å². The maximum atomic E-state index is 11.9. The van der Waals surface area contributed by atoms with Gasteiger partial charge in [-0.3, -0.25) is 0 Å². The molecular formula is C18H20N2O3. The first-order valence-electron chi connectivity index (χ1n) is 7.15. The number of amides is 2. The molecule has 2 aromatic carbocycles. The Hall–Kier alpha value is -2.95. The van der Waals surface area contributed by atoms with E-state index in [2.05, 4.69) is 10.6 Å². The number of urea groups is 1. The van der Waals surface area contributed by atoms with Crippen molar-refractivity contribution in [3.05, 3.63) is 59.8 Å². The topological polar surface area (TPSA) is 59.6 Å². The van der Waals surface area contributed by atoms with E-state index in [4.69, 9.17) is 9.47 Å². The smallest absolute Gasteiger partial charge is 0.323 e. The average molecular weight is 312 g/mol. The van der Waals surface area contributed by atoms with Crippen molar-refractivity contribution in [3.8, 4) is 11.5 Å². The molecule has 0 unspecified atom stereocenters. The van der Waals surface area contributed by atoms with Crippen LogP contribution in [0, 0.1) is 6.92 Å². The lowest BCUT2D eigenvalue weighted by Gasteiger charge is -2.11. The predicted molar refractivity (Wildman–Crippen MR) is 91.9 cm³/mol. The first-order valence-corrected chi connectivity index (χ1v) is 7.15. The van der Waals surface area contributed by atoms with E-state index in [1.54, 1.807) is 31.5 Å². The van der Waals surface area contributed by atoms with Crippen molar-refractivity contribution in [2.75, 3.05) is 19.5 Å². The van der Waals surface area contributed by atoms with Crippen LogP contribution < -0.4 is 20.1 Å². The van der Waals surface area contributed by atoms with Crippen LogP contribution in [-0.2, 0) is 0 Å². The van der Waals surface area contributed by atoms with Gasteiger partial charge in [0.2, 0.25) is 0 Å². The summed E-state index contributed by atoms with van der Waals surface area (Å²) in [6.07, 6.45) is 3.43. The van der Waals surface area contributed by atoms with Gasteiger partial charge in [0.1, 0.15) is 11.5 Å². The highest BCUT2D eigenvalue weighted by Gasteiger charge is 2.07. The Morgan fingerprint density at radius 1 is 1.09 bits per heavy atom. The summed E-state index contributed by atoms with van der Waals surface area (Å²) in [6.45, 7) is 2.02. The Morgan fingerprint density at radius 2 is 1.91 bits per heavy atom. The summed E-state index contributed by atoms with van der Waals surface area (Å²) in [4.78, 5) is 11.9. The second-order valence-electron chi connectivity index (χ2n) is 4.91. The van der Waals surface area contributed by atoms with Crippen LogP contribution in [0.3, 0.4) is 0 Å². The number of hydrogen-bond acceptors (Lipinski definition) is 3.